The number of nitrogens with zero attached hydrogens (tertiary/aromatic N) is 2. The molecule has 0 aliphatic carbocycles. The number of carbonyl (C=O) groups is 2. The van der Waals surface area contributed by atoms with Gasteiger partial charge in [-0.1, -0.05) is 0 Å². The number of thiophene rings is 1. The fraction of sp³-hybridized carbons (Fsp3) is 0.400. The summed E-state index contributed by atoms with van der Waals surface area (Å²) in [7, 11) is -3.96. The second kappa shape index (κ2) is 9.09. The molecule has 0 radical (unpaired) electrons. The van der Waals surface area contributed by atoms with Gasteiger partial charge in [-0.3, -0.25) is 9.59 Å². The van der Waals surface area contributed by atoms with Gasteiger partial charge < -0.3 is 4.90 Å². The number of benzene rings is 1. The van der Waals surface area contributed by atoms with Crippen molar-refractivity contribution in [2.24, 2.45) is 0 Å². The Kier molecular flexibility index (Phi) is 6.87. The molecule has 1 amide bonds. The molecule has 2 aromatic rings. The van der Waals surface area contributed by atoms with Crippen LogP contribution in [0.15, 0.2) is 41.3 Å². The summed E-state index contributed by atoms with van der Waals surface area (Å²) in [6, 6.07) is 6.92. The summed E-state index contributed by atoms with van der Waals surface area (Å²) in [5.41, 5.74) is -0.922. The summed E-state index contributed by atoms with van der Waals surface area (Å²) >= 11 is 1.38. The molecule has 1 saturated heterocycles. The molecule has 0 N–H and O–H groups in total. The number of hydrogen-bond donors (Lipinski definition) is 0. The lowest BCUT2D eigenvalue weighted by Gasteiger charge is -2.34. The van der Waals surface area contributed by atoms with E-state index in [1.165, 1.54) is 16.2 Å². The molecule has 1 aromatic carbocycles. The average molecular weight is 475 g/mol. The van der Waals surface area contributed by atoms with E-state index >= 15 is 0 Å². The maximum Gasteiger partial charge on any atom is 0.416 e. The zero-order valence-electron chi connectivity index (χ0n) is 16.7. The van der Waals surface area contributed by atoms with Crippen molar-refractivity contribution < 1.29 is 31.2 Å². The van der Waals surface area contributed by atoms with Gasteiger partial charge in [-0.25, -0.2) is 8.42 Å². The van der Waals surface area contributed by atoms with Gasteiger partial charge in [-0.05, 0) is 43.3 Å². The Labute approximate surface area is 182 Å². The molecule has 1 aliphatic heterocycles. The number of hydrogen-bond acceptors (Lipinski definition) is 5. The number of halogens is 3. The number of alkyl halides is 3. The fourth-order valence-electron chi connectivity index (χ4n) is 3.23. The van der Waals surface area contributed by atoms with E-state index in [9.17, 15) is 31.2 Å². The molecule has 0 spiro atoms. The highest BCUT2D eigenvalue weighted by Gasteiger charge is 2.33. The van der Waals surface area contributed by atoms with E-state index in [0.29, 0.717) is 4.88 Å². The van der Waals surface area contributed by atoms with E-state index in [2.05, 4.69) is 0 Å². The maximum absolute atomic E-state index is 12.7. The molecule has 1 aliphatic rings. The summed E-state index contributed by atoms with van der Waals surface area (Å²) in [5.74, 6) is -0.330. The third-order valence-corrected chi connectivity index (χ3v) is 7.95. The van der Waals surface area contributed by atoms with Gasteiger partial charge in [0.2, 0.25) is 15.9 Å². The van der Waals surface area contributed by atoms with Crippen LogP contribution in [0.5, 0.6) is 0 Å². The number of sulfonamides is 1. The number of carbonyl (C=O) groups excluding carboxylic acids is 2. The first-order valence-corrected chi connectivity index (χ1v) is 11.8. The molecule has 6 nitrogen and oxygen atoms in total. The topological polar surface area (TPSA) is 74.8 Å². The normalized spacial score (nSPS) is 15.8. The average Bonchev–Trinajstić information content (AvgIpc) is 3.17. The van der Waals surface area contributed by atoms with Gasteiger partial charge in [0, 0.05) is 43.9 Å². The predicted octanol–water partition coefficient (Wildman–Crippen LogP) is 3.57. The van der Waals surface area contributed by atoms with Crippen LogP contribution in [0.4, 0.5) is 13.2 Å². The first kappa shape index (κ1) is 23.4. The zero-order valence-corrected chi connectivity index (χ0v) is 18.3. The van der Waals surface area contributed by atoms with E-state index in [0.717, 1.165) is 33.4 Å². The Hall–Kier alpha value is -2.24. The Bertz CT molecular complexity index is 1050. The molecule has 0 unspecified atom stereocenters. The van der Waals surface area contributed by atoms with Gasteiger partial charge in [-0.15, -0.1) is 11.3 Å². The van der Waals surface area contributed by atoms with Crippen molar-refractivity contribution in [3.05, 3.63) is 51.7 Å². The van der Waals surface area contributed by atoms with E-state index in [-0.39, 0.29) is 55.6 Å². The molecule has 0 atom stereocenters. The highest BCUT2D eigenvalue weighted by molar-refractivity contribution is 7.89. The zero-order chi connectivity index (χ0) is 22.8. The third-order valence-electron chi connectivity index (χ3n) is 4.99. The van der Waals surface area contributed by atoms with Crippen LogP contribution in [-0.2, 0) is 21.0 Å². The van der Waals surface area contributed by atoms with Crippen molar-refractivity contribution in [3.63, 3.8) is 0 Å². The van der Waals surface area contributed by atoms with Crippen LogP contribution < -0.4 is 0 Å². The first-order valence-electron chi connectivity index (χ1n) is 9.53. The second-order valence-corrected chi connectivity index (χ2v) is 10.4. The molecule has 3 rings (SSSR count). The molecule has 0 saturated carbocycles. The van der Waals surface area contributed by atoms with Crippen molar-refractivity contribution in [1.29, 1.82) is 0 Å². The first-order chi connectivity index (χ1) is 14.5. The van der Waals surface area contributed by atoms with Crippen molar-refractivity contribution in [1.82, 2.24) is 9.21 Å². The lowest BCUT2D eigenvalue weighted by Crippen LogP contribution is -2.50. The molecule has 1 aromatic heterocycles. The molecule has 0 bridgehead atoms. The van der Waals surface area contributed by atoms with Gasteiger partial charge in [0.25, 0.3) is 0 Å². The molecular weight excluding hydrogens is 453 g/mol. The lowest BCUT2D eigenvalue weighted by atomic mass is 10.1. The third kappa shape index (κ3) is 5.52. The number of Topliss-reactive ketones (excluding diaryl/α,β-unsaturated/α-hetero) is 1. The van der Waals surface area contributed by atoms with Crippen LogP contribution in [0.2, 0.25) is 0 Å². The number of amides is 1. The number of ketones is 1. The monoisotopic (exact) mass is 474 g/mol. The minimum Gasteiger partial charge on any atom is -0.340 e. The smallest absolute Gasteiger partial charge is 0.340 e. The number of aryl methyl sites for hydroxylation is 1. The molecule has 168 valence electrons. The summed E-state index contributed by atoms with van der Waals surface area (Å²) in [5, 5.41) is 0. The van der Waals surface area contributed by atoms with E-state index in [1.807, 2.05) is 13.0 Å². The molecule has 11 heteroatoms. The standard InChI is InChI=1S/C20H21F3N2O4S2/c1-14-2-8-18(30-14)17(26)7-9-19(27)24-10-12-25(13-11-24)31(28,29)16-5-3-15(4-6-16)20(21,22)23/h2-6,8H,7,9-13H2,1H3. The SMILES string of the molecule is Cc1ccc(C(=O)CCC(=O)N2CCN(S(=O)(=O)c3ccc(C(F)(F)F)cc3)CC2)s1. The fourth-order valence-corrected chi connectivity index (χ4v) is 5.49. The Balaban J connectivity index is 1.54. The van der Waals surface area contributed by atoms with Crippen LogP contribution in [0, 0.1) is 6.92 Å². The molecule has 1 fully saturated rings. The van der Waals surface area contributed by atoms with E-state index in [1.54, 1.807) is 6.07 Å². The summed E-state index contributed by atoms with van der Waals surface area (Å²) in [6.07, 6.45) is -4.41. The summed E-state index contributed by atoms with van der Waals surface area (Å²) < 4.78 is 64.6. The van der Waals surface area contributed by atoms with Crippen molar-refractivity contribution in [2.75, 3.05) is 26.2 Å². The van der Waals surface area contributed by atoms with Gasteiger partial charge in [0.15, 0.2) is 5.78 Å². The van der Waals surface area contributed by atoms with Crippen LogP contribution in [0.1, 0.15) is 33.0 Å². The quantitative estimate of drug-likeness (QED) is 0.600. The van der Waals surface area contributed by atoms with Crippen molar-refractivity contribution >= 4 is 33.1 Å². The van der Waals surface area contributed by atoms with Gasteiger partial charge in [0.1, 0.15) is 0 Å². The van der Waals surface area contributed by atoms with Gasteiger partial charge in [-0.2, -0.15) is 17.5 Å². The second-order valence-electron chi connectivity index (χ2n) is 7.14. The largest absolute Gasteiger partial charge is 0.416 e. The van der Waals surface area contributed by atoms with Crippen molar-refractivity contribution in [2.45, 2.75) is 30.8 Å². The Morgan fingerprint density at radius 2 is 1.58 bits per heavy atom. The van der Waals surface area contributed by atoms with Gasteiger partial charge >= 0.3 is 6.18 Å². The summed E-state index contributed by atoms with van der Waals surface area (Å²) in [4.78, 5) is 27.5. The number of rotatable bonds is 6. The minimum atomic E-state index is -4.54. The molecular formula is C20H21F3N2O4S2. The Morgan fingerprint density at radius 1 is 0.968 bits per heavy atom. The molecule has 31 heavy (non-hydrogen) atoms. The van der Waals surface area contributed by atoms with E-state index < -0.39 is 21.8 Å². The highest BCUT2D eigenvalue weighted by atomic mass is 32.2. The minimum absolute atomic E-state index is 0.0349. The van der Waals surface area contributed by atoms with Crippen LogP contribution in [-0.4, -0.2) is 55.5 Å². The number of piperazine rings is 1. The Morgan fingerprint density at radius 3 is 2.10 bits per heavy atom. The summed E-state index contributed by atoms with van der Waals surface area (Å²) in [6.45, 7) is 2.28. The van der Waals surface area contributed by atoms with Crippen LogP contribution in [0.25, 0.3) is 0 Å². The van der Waals surface area contributed by atoms with E-state index in [4.69, 9.17) is 0 Å². The van der Waals surface area contributed by atoms with Gasteiger partial charge in [0.05, 0.1) is 15.3 Å². The molecule has 2 heterocycles. The lowest BCUT2D eigenvalue weighted by molar-refractivity contribution is -0.137. The highest BCUT2D eigenvalue weighted by Crippen LogP contribution is 2.30. The predicted molar refractivity (Wildman–Crippen MR) is 109 cm³/mol. The maximum atomic E-state index is 12.7. The van der Waals surface area contributed by atoms with Crippen LogP contribution >= 0.6 is 11.3 Å². The van der Waals surface area contributed by atoms with Crippen molar-refractivity contribution in [3.8, 4) is 0 Å². The van der Waals surface area contributed by atoms with Crippen LogP contribution in [0.3, 0.4) is 0 Å².